The summed E-state index contributed by atoms with van der Waals surface area (Å²) in [6.07, 6.45) is 1.93. The average molecular weight is 425 g/mol. The number of benzene rings is 2. The number of hydrogen-bond acceptors (Lipinski definition) is 3. The second-order valence-corrected chi connectivity index (χ2v) is 7.70. The Hall–Kier alpha value is -3.09. The molecule has 30 heavy (non-hydrogen) atoms. The van der Waals surface area contributed by atoms with Gasteiger partial charge in [-0.15, -0.1) is 0 Å². The van der Waals surface area contributed by atoms with Gasteiger partial charge in [-0.05, 0) is 36.4 Å². The lowest BCUT2D eigenvalue weighted by Gasteiger charge is -2.27. The minimum absolute atomic E-state index is 0.0510. The van der Waals surface area contributed by atoms with Gasteiger partial charge in [0.2, 0.25) is 0 Å². The molecule has 154 valence electrons. The normalized spacial score (nSPS) is 14.4. The first-order chi connectivity index (χ1) is 14.7. The zero-order valence-corrected chi connectivity index (χ0v) is 17.4. The number of carbonyl (C=O) groups is 1. The summed E-state index contributed by atoms with van der Waals surface area (Å²) in [5.74, 6) is 2.33. The van der Waals surface area contributed by atoms with E-state index < -0.39 is 0 Å². The van der Waals surface area contributed by atoms with Crippen LogP contribution in [0.5, 0.6) is 11.5 Å². The fraction of sp³-hybridized carbons (Fsp3) is 0.217. The van der Waals surface area contributed by atoms with Crippen LogP contribution in [0.3, 0.4) is 0 Å². The van der Waals surface area contributed by atoms with Crippen LogP contribution in [0, 0.1) is 0 Å². The van der Waals surface area contributed by atoms with Gasteiger partial charge in [0.15, 0.2) is 12.3 Å². The van der Waals surface area contributed by atoms with Crippen molar-refractivity contribution < 1.29 is 19.4 Å². The Morgan fingerprint density at radius 2 is 1.83 bits per heavy atom. The van der Waals surface area contributed by atoms with Crippen molar-refractivity contribution in [2.45, 2.75) is 0 Å². The van der Waals surface area contributed by atoms with Crippen molar-refractivity contribution in [2.24, 2.45) is 0 Å². The molecule has 6 nitrogen and oxygen atoms in total. The standard InChI is InChI=1S/C23H23ClN4O2/c24-18-9-10-21(30-19-6-2-1-3-7-19)20(16-18)26-23(29)17-27-12-14-28(15-13-27)22-8-4-5-11-25-22/h1-11,16H,12-15,17H2,(H,26,29)/p+2. The number of ether oxygens (including phenoxy) is 1. The summed E-state index contributed by atoms with van der Waals surface area (Å²) >= 11 is 6.15. The van der Waals surface area contributed by atoms with Gasteiger partial charge < -0.3 is 15.0 Å². The van der Waals surface area contributed by atoms with Crippen LogP contribution < -0.4 is 24.8 Å². The van der Waals surface area contributed by atoms with Gasteiger partial charge in [-0.1, -0.05) is 35.9 Å². The van der Waals surface area contributed by atoms with Crippen molar-refractivity contribution in [2.75, 3.05) is 42.9 Å². The van der Waals surface area contributed by atoms with E-state index in [2.05, 4.69) is 21.3 Å². The maximum Gasteiger partial charge on any atom is 0.279 e. The van der Waals surface area contributed by atoms with E-state index in [9.17, 15) is 4.79 Å². The number of aromatic amines is 1. The monoisotopic (exact) mass is 424 g/mol. The Morgan fingerprint density at radius 1 is 1.07 bits per heavy atom. The summed E-state index contributed by atoms with van der Waals surface area (Å²) in [5, 5.41) is 3.52. The Bertz CT molecular complexity index is 977. The van der Waals surface area contributed by atoms with E-state index in [1.807, 2.05) is 48.7 Å². The number of nitrogens with one attached hydrogen (secondary N) is 3. The Kier molecular flexibility index (Phi) is 6.47. The number of pyridine rings is 1. The molecule has 1 aromatic heterocycles. The highest BCUT2D eigenvalue weighted by Gasteiger charge is 2.27. The number of anilines is 2. The maximum absolute atomic E-state index is 12.7. The number of H-pyrrole nitrogens is 1. The average Bonchev–Trinajstić information content (AvgIpc) is 2.77. The number of hydrogen-bond donors (Lipinski definition) is 2. The Labute approximate surface area is 181 Å². The lowest BCUT2D eigenvalue weighted by molar-refractivity contribution is -0.892. The largest absolute Gasteiger partial charge is 0.455 e. The lowest BCUT2D eigenvalue weighted by Crippen LogP contribution is -3.15. The Balaban J connectivity index is 1.35. The van der Waals surface area contributed by atoms with Crippen LogP contribution in [0.1, 0.15) is 0 Å². The number of para-hydroxylation sites is 1. The minimum Gasteiger partial charge on any atom is -0.455 e. The summed E-state index contributed by atoms with van der Waals surface area (Å²) < 4.78 is 5.93. The van der Waals surface area contributed by atoms with Gasteiger partial charge in [0, 0.05) is 11.1 Å². The smallest absolute Gasteiger partial charge is 0.279 e. The quantitative estimate of drug-likeness (QED) is 0.638. The number of carbonyl (C=O) groups excluding carboxylic acids is 1. The van der Waals surface area contributed by atoms with Gasteiger partial charge in [0.05, 0.1) is 11.9 Å². The van der Waals surface area contributed by atoms with Crippen LogP contribution in [0.4, 0.5) is 11.5 Å². The van der Waals surface area contributed by atoms with Crippen LogP contribution >= 0.6 is 11.6 Å². The lowest BCUT2D eigenvalue weighted by atomic mass is 10.2. The number of piperazine rings is 1. The molecule has 0 atom stereocenters. The van der Waals surface area contributed by atoms with Crippen molar-refractivity contribution in [1.29, 1.82) is 0 Å². The molecular formula is C23H25ClN4O2+2. The molecule has 0 radical (unpaired) electrons. The molecule has 1 aliphatic rings. The number of nitrogens with zero attached hydrogens (tertiary/aromatic N) is 1. The summed E-state index contributed by atoms with van der Waals surface area (Å²) in [6.45, 7) is 4.02. The van der Waals surface area contributed by atoms with E-state index >= 15 is 0 Å². The van der Waals surface area contributed by atoms with Crippen molar-refractivity contribution in [1.82, 2.24) is 0 Å². The summed E-state index contributed by atoms with van der Waals surface area (Å²) in [7, 11) is 0. The molecule has 7 heteroatoms. The summed E-state index contributed by atoms with van der Waals surface area (Å²) in [5.41, 5.74) is 0.577. The molecule has 0 aliphatic carbocycles. The van der Waals surface area contributed by atoms with E-state index in [1.54, 1.807) is 18.2 Å². The zero-order valence-electron chi connectivity index (χ0n) is 16.6. The molecule has 1 aliphatic heterocycles. The molecule has 0 bridgehead atoms. The first kappa shape index (κ1) is 20.2. The van der Waals surface area contributed by atoms with Crippen LogP contribution in [-0.4, -0.2) is 38.6 Å². The topological polar surface area (TPSA) is 60.2 Å². The molecule has 0 unspecified atom stereocenters. The molecule has 3 aromatic rings. The number of quaternary nitrogens is 1. The molecular weight excluding hydrogens is 400 g/mol. The molecule has 1 amide bonds. The van der Waals surface area contributed by atoms with Gasteiger partial charge >= 0.3 is 0 Å². The van der Waals surface area contributed by atoms with Crippen LogP contribution in [0.25, 0.3) is 0 Å². The zero-order chi connectivity index (χ0) is 20.8. The summed E-state index contributed by atoms with van der Waals surface area (Å²) in [6, 6.07) is 20.8. The van der Waals surface area contributed by atoms with Crippen LogP contribution in [-0.2, 0) is 4.79 Å². The number of amides is 1. The molecule has 3 N–H and O–H groups in total. The fourth-order valence-electron chi connectivity index (χ4n) is 3.55. The molecule has 2 aromatic carbocycles. The number of aromatic nitrogens is 1. The maximum atomic E-state index is 12.7. The predicted octanol–water partition coefficient (Wildman–Crippen LogP) is 2.29. The van der Waals surface area contributed by atoms with Gasteiger partial charge in [-0.25, -0.2) is 4.98 Å². The highest BCUT2D eigenvalue weighted by atomic mass is 35.5. The van der Waals surface area contributed by atoms with Gasteiger partial charge in [0.25, 0.3) is 11.7 Å². The van der Waals surface area contributed by atoms with E-state index in [0.29, 0.717) is 28.8 Å². The third-order valence-electron chi connectivity index (χ3n) is 5.10. The fourth-order valence-corrected chi connectivity index (χ4v) is 3.72. The SMILES string of the molecule is O=C(C[NH+]1CCN(c2cccc[nH+]2)CC1)Nc1cc(Cl)ccc1Oc1ccccc1. The van der Waals surface area contributed by atoms with E-state index in [0.717, 1.165) is 32.0 Å². The molecule has 1 fully saturated rings. The van der Waals surface area contributed by atoms with Gasteiger partial charge in [0.1, 0.15) is 31.9 Å². The highest BCUT2D eigenvalue weighted by molar-refractivity contribution is 6.31. The first-order valence-corrected chi connectivity index (χ1v) is 10.4. The Morgan fingerprint density at radius 3 is 2.57 bits per heavy atom. The second kappa shape index (κ2) is 9.61. The van der Waals surface area contributed by atoms with Crippen molar-refractivity contribution >= 4 is 29.0 Å². The molecule has 0 spiro atoms. The molecule has 4 rings (SSSR count). The van der Waals surface area contributed by atoms with Gasteiger partial charge in [-0.3, -0.25) is 9.69 Å². The first-order valence-electron chi connectivity index (χ1n) is 10.0. The minimum atomic E-state index is -0.0510. The van der Waals surface area contributed by atoms with Crippen molar-refractivity contribution in [3.63, 3.8) is 0 Å². The van der Waals surface area contributed by atoms with Crippen molar-refractivity contribution in [3.05, 3.63) is 77.9 Å². The van der Waals surface area contributed by atoms with Crippen molar-refractivity contribution in [3.8, 4) is 11.5 Å². The van der Waals surface area contributed by atoms with Gasteiger partial charge in [-0.2, -0.15) is 0 Å². The van der Waals surface area contributed by atoms with E-state index in [-0.39, 0.29) is 5.91 Å². The van der Waals surface area contributed by atoms with E-state index in [1.165, 1.54) is 4.90 Å². The highest BCUT2D eigenvalue weighted by Crippen LogP contribution is 2.31. The third-order valence-corrected chi connectivity index (χ3v) is 5.34. The number of halogens is 1. The molecule has 0 saturated carbocycles. The second-order valence-electron chi connectivity index (χ2n) is 7.27. The molecule has 2 heterocycles. The number of rotatable bonds is 6. The predicted molar refractivity (Wildman–Crippen MR) is 117 cm³/mol. The van der Waals surface area contributed by atoms with E-state index in [4.69, 9.17) is 16.3 Å². The van der Waals surface area contributed by atoms with Crippen LogP contribution in [0.2, 0.25) is 5.02 Å². The molecule has 1 saturated heterocycles. The van der Waals surface area contributed by atoms with Crippen LogP contribution in [0.15, 0.2) is 72.9 Å². The summed E-state index contributed by atoms with van der Waals surface area (Å²) in [4.78, 5) is 19.5. The third kappa shape index (κ3) is 5.28.